The first-order chi connectivity index (χ1) is 15.4. The number of anilines is 2. The molecule has 3 rings (SSSR count). The first-order valence-corrected chi connectivity index (χ1v) is 10.6. The molecule has 3 aromatic rings. The number of rotatable bonds is 6. The fraction of sp³-hybridized carbons (Fsp3) is 0.231. The summed E-state index contributed by atoms with van der Waals surface area (Å²) in [6, 6.07) is 15.2. The van der Waals surface area contributed by atoms with Crippen LogP contribution in [0.2, 0.25) is 0 Å². The second kappa shape index (κ2) is 10.6. The predicted molar refractivity (Wildman–Crippen MR) is 131 cm³/mol. The molecule has 1 aromatic heterocycles. The molecule has 0 unspecified atom stereocenters. The Hall–Kier alpha value is -3.64. The van der Waals surface area contributed by atoms with Gasteiger partial charge < -0.3 is 20.7 Å². The van der Waals surface area contributed by atoms with Gasteiger partial charge in [0.2, 0.25) is 0 Å². The third kappa shape index (κ3) is 5.74. The number of benzene rings is 2. The summed E-state index contributed by atoms with van der Waals surface area (Å²) < 4.78 is 0. The van der Waals surface area contributed by atoms with Gasteiger partial charge in [-0.15, -0.1) is 0 Å². The van der Waals surface area contributed by atoms with E-state index in [4.69, 9.17) is 5.11 Å². The highest BCUT2D eigenvalue weighted by Gasteiger charge is 2.09. The Labute approximate surface area is 189 Å². The molecule has 0 aliphatic carbocycles. The second-order valence-electron chi connectivity index (χ2n) is 7.81. The van der Waals surface area contributed by atoms with E-state index in [1.807, 2.05) is 58.0 Å². The van der Waals surface area contributed by atoms with Crippen molar-refractivity contribution in [3.63, 3.8) is 0 Å². The molecule has 1 amide bonds. The van der Waals surface area contributed by atoms with E-state index in [0.29, 0.717) is 17.9 Å². The number of H-pyrrole nitrogens is 1. The lowest BCUT2D eigenvalue weighted by Gasteiger charge is -2.12. The molecular weight excluding hydrogens is 400 g/mol. The fourth-order valence-electron chi connectivity index (χ4n) is 3.52. The van der Waals surface area contributed by atoms with Gasteiger partial charge in [-0.2, -0.15) is 0 Å². The Morgan fingerprint density at radius 2 is 1.66 bits per heavy atom. The Balaban J connectivity index is 1.89. The number of nitrogens with zero attached hydrogens (tertiary/aromatic N) is 1. The van der Waals surface area contributed by atoms with E-state index in [0.717, 1.165) is 33.6 Å². The monoisotopic (exact) mass is 430 g/mol. The van der Waals surface area contributed by atoms with E-state index in [-0.39, 0.29) is 12.5 Å². The molecule has 1 heterocycles. The Bertz CT molecular complexity index is 1140. The highest BCUT2D eigenvalue weighted by Crippen LogP contribution is 2.27. The molecule has 0 radical (unpaired) electrons. The van der Waals surface area contributed by atoms with Gasteiger partial charge in [-0.1, -0.05) is 6.07 Å². The summed E-state index contributed by atoms with van der Waals surface area (Å²) in [4.78, 5) is 20.6. The average molecular weight is 431 g/mol. The number of aromatic nitrogens is 2. The molecule has 0 aliphatic heterocycles. The molecule has 2 aromatic carbocycles. The molecule has 32 heavy (non-hydrogen) atoms. The predicted octanol–water partition coefficient (Wildman–Crippen LogP) is 5.09. The van der Waals surface area contributed by atoms with E-state index in [1.54, 1.807) is 30.6 Å². The maximum atomic E-state index is 12.8. The molecule has 4 N–H and O–H groups in total. The van der Waals surface area contributed by atoms with Gasteiger partial charge in [-0.05, 0) is 92.4 Å². The highest BCUT2D eigenvalue weighted by atomic mass is 16.3. The summed E-state index contributed by atoms with van der Waals surface area (Å²) in [5, 5.41) is 15.2. The third-order valence-electron chi connectivity index (χ3n) is 5.29. The zero-order valence-corrected chi connectivity index (χ0v) is 19.0. The van der Waals surface area contributed by atoms with Crippen LogP contribution in [0.25, 0.3) is 11.4 Å². The number of carbonyl (C=O) groups excluding carboxylic acids is 1. The van der Waals surface area contributed by atoms with Crippen LogP contribution in [0.3, 0.4) is 0 Å². The molecule has 0 saturated carbocycles. The molecule has 0 fully saturated rings. The fourth-order valence-corrected chi connectivity index (χ4v) is 3.52. The maximum absolute atomic E-state index is 12.8. The largest absolute Gasteiger partial charge is 0.395 e. The lowest BCUT2D eigenvalue weighted by atomic mass is 10.0. The molecule has 166 valence electrons. The van der Waals surface area contributed by atoms with Crippen LogP contribution < -0.4 is 10.6 Å². The van der Waals surface area contributed by atoms with Gasteiger partial charge in [0.05, 0.1) is 6.61 Å². The molecule has 6 heteroatoms. The standard InChI is InChI=1S/C26H30N4O2/c1-17-7-8-22(14-18(17)2)30-26(32)21-6-5-10-28-25(29-11-9-21)24-19(3)15-23(16-20(24)4)27-12-13-31/h5-11,14-16,27,31H,12-13H2,1-4H3,(H,28,29)(H,30,32). The highest BCUT2D eigenvalue weighted by molar-refractivity contribution is 6.04. The number of nitrogens with one attached hydrogen (secondary N) is 3. The molecule has 6 nitrogen and oxygen atoms in total. The van der Waals surface area contributed by atoms with Gasteiger partial charge >= 0.3 is 0 Å². The first-order valence-electron chi connectivity index (χ1n) is 10.6. The van der Waals surface area contributed by atoms with Crippen molar-refractivity contribution in [2.75, 3.05) is 23.8 Å². The maximum Gasteiger partial charge on any atom is 0.255 e. The van der Waals surface area contributed by atoms with E-state index < -0.39 is 0 Å². The zero-order valence-electron chi connectivity index (χ0n) is 19.0. The van der Waals surface area contributed by atoms with E-state index in [9.17, 15) is 4.79 Å². The number of hydrogen-bond acceptors (Lipinski definition) is 4. The average Bonchev–Trinajstić information content (AvgIpc) is 2.87. The summed E-state index contributed by atoms with van der Waals surface area (Å²) in [5.74, 6) is 0.511. The van der Waals surface area contributed by atoms with Crippen molar-refractivity contribution in [2.24, 2.45) is 0 Å². The SMILES string of the molecule is Cc1ccc(NC(=O)c2cccnc(-c3c(C)cc(NCCO)cc3C)[nH]cc2)cc1C. The lowest BCUT2D eigenvalue weighted by molar-refractivity contribution is 0.102. The van der Waals surface area contributed by atoms with E-state index in [2.05, 4.69) is 20.6 Å². The van der Waals surface area contributed by atoms with Crippen molar-refractivity contribution in [3.05, 3.63) is 88.7 Å². The van der Waals surface area contributed by atoms with Crippen LogP contribution in [0.1, 0.15) is 32.6 Å². The van der Waals surface area contributed by atoms with Gasteiger partial charge in [0.25, 0.3) is 5.91 Å². The Morgan fingerprint density at radius 1 is 0.938 bits per heavy atom. The quantitative estimate of drug-likeness (QED) is 0.438. The smallest absolute Gasteiger partial charge is 0.255 e. The summed E-state index contributed by atoms with van der Waals surface area (Å²) in [6.07, 6.45) is 3.41. The number of aliphatic hydroxyl groups excluding tert-OH is 1. The Kier molecular flexibility index (Phi) is 7.63. The van der Waals surface area contributed by atoms with Gasteiger partial charge in [0.1, 0.15) is 5.82 Å². The van der Waals surface area contributed by atoms with Crippen LogP contribution >= 0.6 is 0 Å². The number of carbonyl (C=O) groups is 1. The number of aromatic amines is 1. The minimum absolute atomic E-state index is 0.0795. The molecule has 0 atom stereocenters. The molecule has 0 spiro atoms. The van der Waals surface area contributed by atoms with Crippen LogP contribution in [0.5, 0.6) is 0 Å². The number of hydrogen-bond donors (Lipinski definition) is 4. The van der Waals surface area contributed by atoms with Crippen molar-refractivity contribution in [3.8, 4) is 11.4 Å². The van der Waals surface area contributed by atoms with Gasteiger partial charge in [-0.25, -0.2) is 4.98 Å². The van der Waals surface area contributed by atoms with E-state index in [1.165, 1.54) is 5.56 Å². The summed E-state index contributed by atoms with van der Waals surface area (Å²) >= 11 is 0. The number of aliphatic hydroxyl groups is 1. The van der Waals surface area contributed by atoms with Crippen LogP contribution in [0.4, 0.5) is 11.4 Å². The van der Waals surface area contributed by atoms with Gasteiger partial charge in [-0.3, -0.25) is 4.79 Å². The van der Waals surface area contributed by atoms with Gasteiger partial charge in [0, 0.05) is 41.4 Å². The summed E-state index contributed by atoms with van der Waals surface area (Å²) in [5.41, 5.74) is 7.66. The Morgan fingerprint density at radius 3 is 2.34 bits per heavy atom. The second-order valence-corrected chi connectivity index (χ2v) is 7.81. The first kappa shape index (κ1) is 23.0. The van der Waals surface area contributed by atoms with Crippen molar-refractivity contribution >= 4 is 17.3 Å². The topological polar surface area (TPSA) is 90.0 Å². The normalized spacial score (nSPS) is 10.4. The van der Waals surface area contributed by atoms with Crippen molar-refractivity contribution in [2.45, 2.75) is 27.7 Å². The molecule has 0 aliphatic rings. The van der Waals surface area contributed by atoms with Crippen molar-refractivity contribution in [1.29, 1.82) is 0 Å². The summed E-state index contributed by atoms with van der Waals surface area (Å²) in [7, 11) is 0. The molecule has 0 bridgehead atoms. The summed E-state index contributed by atoms with van der Waals surface area (Å²) in [6.45, 7) is 8.70. The van der Waals surface area contributed by atoms with Crippen LogP contribution in [-0.4, -0.2) is 34.1 Å². The van der Waals surface area contributed by atoms with Crippen LogP contribution in [-0.2, 0) is 0 Å². The zero-order chi connectivity index (χ0) is 23.1. The van der Waals surface area contributed by atoms with Crippen molar-refractivity contribution in [1.82, 2.24) is 9.97 Å². The van der Waals surface area contributed by atoms with Crippen LogP contribution in [0.15, 0.2) is 60.9 Å². The number of aryl methyl sites for hydroxylation is 4. The number of amides is 1. The minimum atomic E-state index is -0.189. The van der Waals surface area contributed by atoms with Crippen LogP contribution in [0, 0.1) is 27.7 Å². The third-order valence-corrected chi connectivity index (χ3v) is 5.29. The van der Waals surface area contributed by atoms with Gasteiger partial charge in [0.15, 0.2) is 0 Å². The van der Waals surface area contributed by atoms with Crippen molar-refractivity contribution < 1.29 is 9.90 Å². The van der Waals surface area contributed by atoms with E-state index >= 15 is 0 Å². The lowest BCUT2D eigenvalue weighted by Crippen LogP contribution is -2.11. The molecular formula is C26H30N4O2. The molecule has 0 saturated heterocycles. The minimum Gasteiger partial charge on any atom is -0.395 e.